The zero-order valence-corrected chi connectivity index (χ0v) is 14.3. The first-order chi connectivity index (χ1) is 8.82. The van der Waals surface area contributed by atoms with Crippen molar-refractivity contribution in [2.75, 3.05) is 13.1 Å². The average Bonchev–Trinajstić information content (AvgIpc) is 2.26. The van der Waals surface area contributed by atoms with E-state index in [9.17, 15) is 8.42 Å². The van der Waals surface area contributed by atoms with E-state index in [0.717, 1.165) is 12.8 Å². The number of nitrogens with two attached hydrogens (primary N) is 1. The van der Waals surface area contributed by atoms with Gasteiger partial charge in [-0.15, -0.1) is 12.4 Å². The molecule has 2 rings (SSSR count). The smallest absolute Gasteiger partial charge is 0.246 e. The fourth-order valence-corrected chi connectivity index (χ4v) is 5.12. The predicted molar refractivity (Wildman–Crippen MR) is 84.7 cm³/mol. The topological polar surface area (TPSA) is 63.4 Å². The van der Waals surface area contributed by atoms with Crippen LogP contribution in [-0.4, -0.2) is 31.9 Å². The van der Waals surface area contributed by atoms with Gasteiger partial charge in [-0.25, -0.2) is 8.42 Å². The first-order valence-corrected chi connectivity index (χ1v) is 8.30. The van der Waals surface area contributed by atoms with E-state index in [1.165, 1.54) is 16.4 Å². The summed E-state index contributed by atoms with van der Waals surface area (Å²) in [6, 6.07) is 2.57. The van der Waals surface area contributed by atoms with Crippen molar-refractivity contribution < 1.29 is 8.42 Å². The molecule has 1 fully saturated rings. The predicted octanol–water partition coefficient (Wildman–Crippen LogP) is 3.18. The van der Waals surface area contributed by atoms with Crippen LogP contribution < -0.4 is 5.73 Å². The molecule has 1 heterocycles. The standard InChI is InChI=1S/C11H13Cl3N2O2S.ClH/c12-7-4-9(13)11(10(14)5-7)19(17,18)16-3-1-2-8(15)6-16;/h4-5,8H,1-3,6,15H2;1H. The highest BCUT2D eigenvalue weighted by Gasteiger charge is 2.32. The Morgan fingerprint density at radius 1 is 1.20 bits per heavy atom. The van der Waals surface area contributed by atoms with Gasteiger partial charge in [-0.05, 0) is 25.0 Å². The molecule has 0 amide bonds. The second-order valence-electron chi connectivity index (χ2n) is 4.46. The first-order valence-electron chi connectivity index (χ1n) is 5.72. The Morgan fingerprint density at radius 3 is 2.25 bits per heavy atom. The van der Waals surface area contributed by atoms with Gasteiger partial charge in [0.1, 0.15) is 4.90 Å². The minimum absolute atomic E-state index is 0. The summed E-state index contributed by atoms with van der Waals surface area (Å²) in [5.74, 6) is 0. The Morgan fingerprint density at radius 2 is 1.75 bits per heavy atom. The van der Waals surface area contributed by atoms with E-state index in [0.29, 0.717) is 11.6 Å². The van der Waals surface area contributed by atoms with Crippen molar-refractivity contribution in [1.82, 2.24) is 4.31 Å². The first kappa shape index (κ1) is 18.3. The van der Waals surface area contributed by atoms with Crippen molar-refractivity contribution in [1.29, 1.82) is 0 Å². The number of nitrogens with zero attached hydrogens (tertiary/aromatic N) is 1. The van der Waals surface area contributed by atoms with Crippen LogP contribution in [0.1, 0.15) is 12.8 Å². The molecule has 1 aliphatic heterocycles. The number of halogens is 4. The molecule has 0 aliphatic carbocycles. The summed E-state index contributed by atoms with van der Waals surface area (Å²) in [6.07, 6.45) is 1.54. The average molecular weight is 380 g/mol. The van der Waals surface area contributed by atoms with Crippen LogP contribution in [0.3, 0.4) is 0 Å². The monoisotopic (exact) mass is 378 g/mol. The van der Waals surface area contributed by atoms with E-state index in [2.05, 4.69) is 0 Å². The summed E-state index contributed by atoms with van der Waals surface area (Å²) < 4.78 is 26.4. The largest absolute Gasteiger partial charge is 0.327 e. The fraction of sp³-hybridized carbons (Fsp3) is 0.455. The van der Waals surface area contributed by atoms with Crippen LogP contribution in [0.4, 0.5) is 0 Å². The van der Waals surface area contributed by atoms with Crippen molar-refractivity contribution in [2.45, 2.75) is 23.8 Å². The molecule has 1 aliphatic rings. The molecule has 1 aromatic carbocycles. The quantitative estimate of drug-likeness (QED) is 0.858. The van der Waals surface area contributed by atoms with Gasteiger partial charge in [-0.2, -0.15) is 4.31 Å². The molecular formula is C11H14Cl4N2O2S. The molecule has 1 atom stereocenters. The summed E-state index contributed by atoms with van der Waals surface area (Å²) in [4.78, 5) is -0.102. The number of sulfonamides is 1. The summed E-state index contributed by atoms with van der Waals surface area (Å²) >= 11 is 17.7. The van der Waals surface area contributed by atoms with Gasteiger partial charge in [0.2, 0.25) is 10.0 Å². The highest BCUT2D eigenvalue weighted by molar-refractivity contribution is 7.89. The molecule has 0 bridgehead atoms. The van der Waals surface area contributed by atoms with Gasteiger partial charge in [0.25, 0.3) is 0 Å². The molecule has 20 heavy (non-hydrogen) atoms. The van der Waals surface area contributed by atoms with Gasteiger partial charge in [0.15, 0.2) is 0 Å². The van der Waals surface area contributed by atoms with Crippen molar-refractivity contribution >= 4 is 57.2 Å². The summed E-state index contributed by atoms with van der Waals surface area (Å²) in [6.45, 7) is 0.697. The highest BCUT2D eigenvalue weighted by Crippen LogP contribution is 2.35. The molecule has 0 aromatic heterocycles. The summed E-state index contributed by atoms with van der Waals surface area (Å²) in [5.41, 5.74) is 5.81. The number of rotatable bonds is 2. The summed E-state index contributed by atoms with van der Waals surface area (Å²) in [5, 5.41) is 0.345. The second-order valence-corrected chi connectivity index (χ2v) is 7.59. The van der Waals surface area contributed by atoms with E-state index in [1.807, 2.05) is 0 Å². The van der Waals surface area contributed by atoms with Crippen LogP contribution in [0.2, 0.25) is 15.1 Å². The van der Waals surface area contributed by atoms with Gasteiger partial charge < -0.3 is 5.73 Å². The lowest BCUT2D eigenvalue weighted by molar-refractivity contribution is 0.316. The Bertz CT molecular complexity index is 571. The van der Waals surface area contributed by atoms with Crippen LogP contribution >= 0.6 is 47.2 Å². The summed E-state index contributed by atoms with van der Waals surface area (Å²) in [7, 11) is -3.74. The maximum absolute atomic E-state index is 12.5. The molecule has 1 unspecified atom stereocenters. The van der Waals surface area contributed by atoms with Gasteiger partial charge in [0, 0.05) is 24.2 Å². The maximum Gasteiger partial charge on any atom is 0.246 e. The van der Waals surface area contributed by atoms with Gasteiger partial charge in [0.05, 0.1) is 10.0 Å². The third-order valence-electron chi connectivity index (χ3n) is 2.98. The van der Waals surface area contributed by atoms with Crippen molar-refractivity contribution in [3.63, 3.8) is 0 Å². The molecule has 1 saturated heterocycles. The SMILES string of the molecule is Cl.NC1CCCN(S(=O)(=O)c2c(Cl)cc(Cl)cc2Cl)C1. The number of benzene rings is 1. The van der Waals surface area contributed by atoms with E-state index >= 15 is 0 Å². The van der Waals surface area contributed by atoms with Crippen molar-refractivity contribution in [2.24, 2.45) is 5.73 Å². The van der Waals surface area contributed by atoms with E-state index in [1.54, 1.807) is 0 Å². The number of hydrogen-bond donors (Lipinski definition) is 1. The molecule has 0 radical (unpaired) electrons. The van der Waals surface area contributed by atoms with Crippen molar-refractivity contribution in [3.05, 3.63) is 27.2 Å². The molecule has 114 valence electrons. The van der Waals surface area contributed by atoms with Crippen LogP contribution in [0.25, 0.3) is 0 Å². The minimum atomic E-state index is -3.74. The van der Waals surface area contributed by atoms with Crippen LogP contribution in [-0.2, 0) is 10.0 Å². The van der Waals surface area contributed by atoms with Crippen molar-refractivity contribution in [3.8, 4) is 0 Å². The Balaban J connectivity index is 0.00000200. The highest BCUT2D eigenvalue weighted by atomic mass is 35.5. The Hall–Kier alpha value is 0.250. The normalized spacial score (nSPS) is 20.5. The van der Waals surface area contributed by atoms with Crippen LogP contribution in [0.15, 0.2) is 17.0 Å². The fourth-order valence-electron chi connectivity index (χ4n) is 2.10. The third-order valence-corrected chi connectivity index (χ3v) is 5.99. The Kier molecular flexibility index (Phi) is 6.41. The zero-order chi connectivity index (χ0) is 14.2. The molecule has 0 saturated carbocycles. The molecule has 4 nitrogen and oxygen atoms in total. The molecule has 1 aromatic rings. The van der Waals surface area contributed by atoms with Crippen LogP contribution in [0, 0.1) is 0 Å². The van der Waals surface area contributed by atoms with Gasteiger partial charge >= 0.3 is 0 Å². The van der Waals surface area contributed by atoms with E-state index in [-0.39, 0.29) is 39.9 Å². The lowest BCUT2D eigenvalue weighted by Crippen LogP contribution is -2.45. The molecule has 9 heteroatoms. The zero-order valence-electron chi connectivity index (χ0n) is 10.4. The van der Waals surface area contributed by atoms with Gasteiger partial charge in [-0.1, -0.05) is 34.8 Å². The minimum Gasteiger partial charge on any atom is -0.327 e. The lowest BCUT2D eigenvalue weighted by Gasteiger charge is -2.30. The molecule has 0 spiro atoms. The van der Waals surface area contributed by atoms with E-state index < -0.39 is 10.0 Å². The second kappa shape index (κ2) is 7.01. The maximum atomic E-state index is 12.5. The number of piperidine rings is 1. The lowest BCUT2D eigenvalue weighted by atomic mass is 10.1. The van der Waals surface area contributed by atoms with Gasteiger partial charge in [-0.3, -0.25) is 0 Å². The number of hydrogen-bond acceptors (Lipinski definition) is 3. The third kappa shape index (κ3) is 3.71. The Labute approximate surface area is 139 Å². The van der Waals surface area contributed by atoms with Crippen LogP contribution in [0.5, 0.6) is 0 Å². The molecule has 2 N–H and O–H groups in total. The molecular weight excluding hydrogens is 366 g/mol. The van der Waals surface area contributed by atoms with E-state index in [4.69, 9.17) is 40.5 Å².